The number of rotatable bonds is 9. The van der Waals surface area contributed by atoms with Crippen molar-refractivity contribution in [2.75, 3.05) is 0 Å². The van der Waals surface area contributed by atoms with Gasteiger partial charge in [-0.15, -0.1) is 0 Å². The summed E-state index contributed by atoms with van der Waals surface area (Å²) in [6, 6.07) is 9.38. The molecule has 32 heavy (non-hydrogen) atoms. The van der Waals surface area contributed by atoms with Crippen LogP contribution < -0.4 is 0 Å². The minimum atomic E-state index is -0.890. The van der Waals surface area contributed by atoms with Crippen LogP contribution in [0.3, 0.4) is 0 Å². The molecular formula is C26H27ClN2O3. The van der Waals surface area contributed by atoms with Gasteiger partial charge in [0.2, 0.25) is 0 Å². The number of fused-ring (bicyclic) bond motifs is 1. The Morgan fingerprint density at radius 1 is 1.22 bits per heavy atom. The van der Waals surface area contributed by atoms with E-state index in [2.05, 4.69) is 21.4 Å². The normalized spacial score (nSPS) is 11.7. The lowest BCUT2D eigenvalue weighted by atomic mass is 9.94. The van der Waals surface area contributed by atoms with Crippen molar-refractivity contribution in [3.63, 3.8) is 0 Å². The third kappa shape index (κ3) is 5.99. The summed E-state index contributed by atoms with van der Waals surface area (Å²) in [4.78, 5) is 28.3. The topological polar surface area (TPSA) is 72.2 Å². The fraction of sp³-hybridized carbons (Fsp3) is 0.346. The van der Waals surface area contributed by atoms with E-state index in [1.807, 2.05) is 37.4 Å². The molecule has 3 aromatic rings. The van der Waals surface area contributed by atoms with Gasteiger partial charge in [0.1, 0.15) is 0 Å². The second kappa shape index (κ2) is 11.0. The average molecular weight is 451 g/mol. The van der Waals surface area contributed by atoms with Crippen molar-refractivity contribution in [1.82, 2.24) is 9.55 Å². The van der Waals surface area contributed by atoms with Crippen molar-refractivity contribution < 1.29 is 14.7 Å². The molecular weight excluding hydrogens is 424 g/mol. The van der Waals surface area contributed by atoms with Crippen LogP contribution in [0.2, 0.25) is 5.02 Å². The first kappa shape index (κ1) is 23.6. The quantitative estimate of drug-likeness (QED) is 0.259. The van der Waals surface area contributed by atoms with Gasteiger partial charge in [-0.25, -0.2) is 0 Å². The van der Waals surface area contributed by atoms with Crippen molar-refractivity contribution in [3.8, 4) is 11.8 Å². The number of Topliss-reactive ketones (excluding diaryl/α,β-unsaturated/α-hetero) is 1. The zero-order valence-corrected chi connectivity index (χ0v) is 19.2. The van der Waals surface area contributed by atoms with E-state index >= 15 is 0 Å². The Kier molecular flexibility index (Phi) is 8.08. The van der Waals surface area contributed by atoms with Crippen molar-refractivity contribution >= 4 is 34.3 Å². The molecule has 0 aliphatic heterocycles. The van der Waals surface area contributed by atoms with Crippen LogP contribution in [-0.2, 0) is 18.3 Å². The van der Waals surface area contributed by atoms with E-state index in [0.717, 1.165) is 47.8 Å². The van der Waals surface area contributed by atoms with Crippen LogP contribution in [0, 0.1) is 17.8 Å². The molecule has 1 N–H and O–H groups in total. The molecule has 0 aliphatic rings. The fourth-order valence-electron chi connectivity index (χ4n) is 3.97. The minimum absolute atomic E-state index is 0.0256. The van der Waals surface area contributed by atoms with E-state index in [9.17, 15) is 9.59 Å². The van der Waals surface area contributed by atoms with Gasteiger partial charge in [0.05, 0.1) is 0 Å². The first-order valence-corrected chi connectivity index (χ1v) is 11.1. The summed E-state index contributed by atoms with van der Waals surface area (Å²) in [6.45, 7) is 1.80. The Morgan fingerprint density at radius 3 is 2.75 bits per heavy atom. The zero-order valence-electron chi connectivity index (χ0n) is 18.4. The molecule has 0 unspecified atom stereocenters. The van der Waals surface area contributed by atoms with E-state index in [0.29, 0.717) is 10.6 Å². The molecule has 2 heterocycles. The number of hydrogen-bond donors (Lipinski definition) is 1. The summed E-state index contributed by atoms with van der Waals surface area (Å²) in [7, 11) is 1.96. The molecule has 0 aliphatic carbocycles. The van der Waals surface area contributed by atoms with E-state index in [4.69, 9.17) is 16.7 Å². The molecule has 3 rings (SSSR count). The third-order valence-corrected chi connectivity index (χ3v) is 5.71. The molecule has 0 saturated carbocycles. The van der Waals surface area contributed by atoms with Crippen LogP contribution in [0.4, 0.5) is 0 Å². The standard InChI is InChI=1S/C26H27ClN2O3/c1-18(15-25(31)32)14-24(30)26-21-16-20(27)11-12-22(21)29(2)23(26)10-6-4-3-5-8-19-9-7-13-28-17-19/h7,9,11-13,16-18H,3-4,6,10,14-15H2,1-2H3,(H,31,32)/t18-/m0/s1. The first-order valence-electron chi connectivity index (χ1n) is 10.8. The average Bonchev–Trinajstić information content (AvgIpc) is 3.01. The zero-order chi connectivity index (χ0) is 23.1. The summed E-state index contributed by atoms with van der Waals surface area (Å²) in [5.74, 6) is 5.15. The number of unbranched alkanes of at least 4 members (excludes halogenated alkanes) is 2. The molecule has 166 valence electrons. The number of carboxylic acid groups (broad SMARTS) is 1. The molecule has 2 aromatic heterocycles. The second-order valence-electron chi connectivity index (χ2n) is 8.12. The number of aliphatic carboxylic acids is 1. The largest absolute Gasteiger partial charge is 0.481 e. The number of benzene rings is 1. The van der Waals surface area contributed by atoms with Gasteiger partial charge in [-0.05, 0) is 55.5 Å². The molecule has 0 fully saturated rings. The third-order valence-electron chi connectivity index (χ3n) is 5.48. The Morgan fingerprint density at radius 2 is 2.03 bits per heavy atom. The number of pyridine rings is 1. The fourth-order valence-corrected chi connectivity index (χ4v) is 4.14. The molecule has 0 amide bonds. The highest BCUT2D eigenvalue weighted by atomic mass is 35.5. The molecule has 6 heteroatoms. The number of carboxylic acids is 1. The molecule has 5 nitrogen and oxygen atoms in total. The number of ketones is 1. The maximum absolute atomic E-state index is 13.2. The van der Waals surface area contributed by atoms with Gasteiger partial charge in [0, 0.05) is 71.5 Å². The van der Waals surface area contributed by atoms with Gasteiger partial charge in [-0.2, -0.15) is 0 Å². The van der Waals surface area contributed by atoms with Gasteiger partial charge in [0.25, 0.3) is 0 Å². The Bertz CT molecular complexity index is 1170. The van der Waals surface area contributed by atoms with E-state index in [-0.39, 0.29) is 24.5 Å². The monoisotopic (exact) mass is 450 g/mol. The molecule has 0 saturated heterocycles. The maximum atomic E-state index is 13.2. The first-order chi connectivity index (χ1) is 15.4. The van der Waals surface area contributed by atoms with Crippen LogP contribution in [0.1, 0.15) is 60.6 Å². The summed E-state index contributed by atoms with van der Waals surface area (Å²) in [5, 5.41) is 10.5. The van der Waals surface area contributed by atoms with Crippen LogP contribution in [0.15, 0.2) is 42.7 Å². The SMILES string of the molecule is C[C@H](CC(=O)O)CC(=O)c1c(CCCCC#Cc2cccnc2)n(C)c2ccc(Cl)cc12. The number of hydrogen-bond acceptors (Lipinski definition) is 3. The number of halogens is 1. The van der Waals surface area contributed by atoms with E-state index in [1.165, 1.54) is 0 Å². The van der Waals surface area contributed by atoms with Crippen molar-refractivity contribution in [2.24, 2.45) is 13.0 Å². The summed E-state index contributed by atoms with van der Waals surface area (Å²) in [6.07, 6.45) is 6.96. The minimum Gasteiger partial charge on any atom is -0.481 e. The van der Waals surface area contributed by atoms with Gasteiger partial charge >= 0.3 is 5.97 Å². The van der Waals surface area contributed by atoms with E-state index in [1.54, 1.807) is 19.3 Å². The van der Waals surface area contributed by atoms with E-state index < -0.39 is 5.97 Å². The summed E-state index contributed by atoms with van der Waals surface area (Å²) < 4.78 is 2.06. The van der Waals surface area contributed by atoms with Crippen molar-refractivity contribution in [2.45, 2.75) is 45.4 Å². The lowest BCUT2D eigenvalue weighted by Crippen LogP contribution is -2.12. The Labute approximate surface area is 193 Å². The highest BCUT2D eigenvalue weighted by Gasteiger charge is 2.23. The highest BCUT2D eigenvalue weighted by Crippen LogP contribution is 2.31. The van der Waals surface area contributed by atoms with Gasteiger partial charge < -0.3 is 9.67 Å². The predicted octanol–water partition coefficient (Wildman–Crippen LogP) is 5.67. The molecule has 1 atom stereocenters. The molecule has 1 aromatic carbocycles. The van der Waals surface area contributed by atoms with Crippen LogP contribution in [0.5, 0.6) is 0 Å². The predicted molar refractivity (Wildman–Crippen MR) is 127 cm³/mol. The Balaban J connectivity index is 1.75. The summed E-state index contributed by atoms with van der Waals surface area (Å²) in [5.41, 5.74) is 3.50. The summed E-state index contributed by atoms with van der Waals surface area (Å²) >= 11 is 6.23. The van der Waals surface area contributed by atoms with Gasteiger partial charge in [0.15, 0.2) is 5.78 Å². The molecule has 0 bridgehead atoms. The van der Waals surface area contributed by atoms with Crippen LogP contribution in [0.25, 0.3) is 10.9 Å². The number of aromatic nitrogens is 2. The van der Waals surface area contributed by atoms with Gasteiger partial charge in [-0.1, -0.05) is 30.4 Å². The maximum Gasteiger partial charge on any atom is 0.303 e. The number of aryl methyl sites for hydroxylation is 1. The van der Waals surface area contributed by atoms with Gasteiger partial charge in [-0.3, -0.25) is 14.6 Å². The Hall–Kier alpha value is -3.10. The highest BCUT2D eigenvalue weighted by molar-refractivity contribution is 6.31. The lowest BCUT2D eigenvalue weighted by Gasteiger charge is -2.10. The number of carbonyl (C=O) groups is 2. The smallest absolute Gasteiger partial charge is 0.303 e. The van der Waals surface area contributed by atoms with Crippen LogP contribution >= 0.6 is 11.6 Å². The lowest BCUT2D eigenvalue weighted by molar-refractivity contribution is -0.137. The second-order valence-corrected chi connectivity index (χ2v) is 8.56. The van der Waals surface area contributed by atoms with Crippen molar-refractivity contribution in [1.29, 1.82) is 0 Å². The molecule has 0 spiro atoms. The van der Waals surface area contributed by atoms with Crippen molar-refractivity contribution in [3.05, 3.63) is 64.6 Å². The number of nitrogens with zero attached hydrogens (tertiary/aromatic N) is 2. The van der Waals surface area contributed by atoms with Crippen LogP contribution in [-0.4, -0.2) is 26.4 Å². The molecule has 0 radical (unpaired) electrons. The number of carbonyl (C=O) groups excluding carboxylic acids is 1.